The lowest BCUT2D eigenvalue weighted by Gasteiger charge is -2.26. The second-order valence-corrected chi connectivity index (χ2v) is 7.25. The lowest BCUT2D eigenvalue weighted by molar-refractivity contribution is -0.105. The summed E-state index contributed by atoms with van der Waals surface area (Å²) >= 11 is 2.44. The summed E-state index contributed by atoms with van der Waals surface area (Å²) in [5, 5.41) is 2.22. The first-order valence-electron chi connectivity index (χ1n) is 8.76. The van der Waals surface area contributed by atoms with E-state index >= 15 is 0 Å². The maximum Gasteiger partial charge on any atom is 0.199 e. The molecule has 0 aromatic heterocycles. The molecule has 3 nitrogen and oxygen atoms in total. The van der Waals surface area contributed by atoms with Crippen molar-refractivity contribution in [1.82, 2.24) is 0 Å². The van der Waals surface area contributed by atoms with Crippen LogP contribution in [0.15, 0.2) is 30.3 Å². The highest BCUT2D eigenvalue weighted by Gasteiger charge is 2.20. The average Bonchev–Trinajstić information content (AvgIpc) is 2.64. The molecule has 0 radical (unpaired) electrons. The Balaban J connectivity index is 1.99. The molecule has 1 atom stereocenters. The maximum absolute atomic E-state index is 6.35. The van der Waals surface area contributed by atoms with Gasteiger partial charge in [-0.15, -0.1) is 0 Å². The summed E-state index contributed by atoms with van der Waals surface area (Å²) < 4.78 is 19.0. The van der Waals surface area contributed by atoms with E-state index in [0.29, 0.717) is 0 Å². The van der Waals surface area contributed by atoms with Crippen LogP contribution in [0.1, 0.15) is 37.7 Å². The molecule has 2 aromatic rings. The van der Waals surface area contributed by atoms with Crippen LogP contribution in [0.4, 0.5) is 0 Å². The van der Waals surface area contributed by atoms with E-state index in [1.54, 1.807) is 7.11 Å². The molecule has 1 heterocycles. The molecule has 0 amide bonds. The summed E-state index contributed by atoms with van der Waals surface area (Å²) in [4.78, 5) is 0. The molecule has 0 saturated carbocycles. The van der Waals surface area contributed by atoms with Gasteiger partial charge in [-0.05, 0) is 48.2 Å². The largest absolute Gasteiger partial charge is 0.496 e. The van der Waals surface area contributed by atoms with E-state index in [-0.39, 0.29) is 6.29 Å². The molecule has 1 unspecified atom stereocenters. The first kappa shape index (κ1) is 17.8. The number of aryl methyl sites for hydroxylation is 1. The number of methoxy groups -OCH3 is 1. The number of unbranched alkanes of at least 4 members (excludes halogenated alkanes) is 1. The van der Waals surface area contributed by atoms with Crippen molar-refractivity contribution in [2.45, 2.75) is 44.8 Å². The van der Waals surface area contributed by atoms with Crippen molar-refractivity contribution in [2.75, 3.05) is 18.1 Å². The molecule has 2 aromatic carbocycles. The highest BCUT2D eigenvalue weighted by Crippen LogP contribution is 2.38. The van der Waals surface area contributed by atoms with Crippen LogP contribution in [-0.4, -0.2) is 24.4 Å². The zero-order chi connectivity index (χ0) is 16.8. The van der Waals surface area contributed by atoms with E-state index in [1.165, 1.54) is 22.8 Å². The maximum atomic E-state index is 6.35. The molecule has 1 aliphatic rings. The SMILES string of the molecule is COc1cc(CCCCI)c(OC2CCCCO2)c2ccccc12. The Hall–Kier alpha value is -1.01. The topological polar surface area (TPSA) is 27.7 Å². The van der Waals surface area contributed by atoms with Crippen LogP contribution in [-0.2, 0) is 11.2 Å². The van der Waals surface area contributed by atoms with Gasteiger partial charge in [0.2, 0.25) is 0 Å². The number of halogens is 1. The third-order valence-corrected chi connectivity index (χ3v) is 5.23. The van der Waals surface area contributed by atoms with Gasteiger partial charge < -0.3 is 14.2 Å². The molecule has 24 heavy (non-hydrogen) atoms. The standard InChI is InChI=1S/C20H25IO3/c1-22-18-14-15(8-4-6-12-21)20(17-10-3-2-9-16(17)18)24-19-11-5-7-13-23-19/h2-3,9-10,14,19H,4-8,11-13H2,1H3. The lowest BCUT2D eigenvalue weighted by atomic mass is 10.00. The van der Waals surface area contributed by atoms with Crippen LogP contribution in [0.25, 0.3) is 10.8 Å². The quantitative estimate of drug-likeness (QED) is 0.323. The van der Waals surface area contributed by atoms with Crippen LogP contribution in [0.2, 0.25) is 0 Å². The number of hydrogen-bond acceptors (Lipinski definition) is 3. The zero-order valence-corrected chi connectivity index (χ0v) is 16.4. The van der Waals surface area contributed by atoms with Gasteiger partial charge in [0.25, 0.3) is 0 Å². The van der Waals surface area contributed by atoms with E-state index in [0.717, 1.165) is 54.6 Å². The van der Waals surface area contributed by atoms with Gasteiger partial charge in [0, 0.05) is 17.2 Å². The fourth-order valence-corrected chi connectivity index (χ4v) is 3.75. The minimum absolute atomic E-state index is 0.126. The zero-order valence-electron chi connectivity index (χ0n) is 14.2. The molecule has 1 fully saturated rings. The second-order valence-electron chi connectivity index (χ2n) is 6.17. The Labute approximate surface area is 157 Å². The Bertz CT molecular complexity index is 665. The van der Waals surface area contributed by atoms with Crippen LogP contribution >= 0.6 is 22.6 Å². The summed E-state index contributed by atoms with van der Waals surface area (Å²) in [5.74, 6) is 1.90. The molecule has 4 heteroatoms. The number of rotatable bonds is 7. The molecule has 130 valence electrons. The van der Waals surface area contributed by atoms with E-state index < -0.39 is 0 Å². The van der Waals surface area contributed by atoms with Gasteiger partial charge in [-0.2, -0.15) is 0 Å². The van der Waals surface area contributed by atoms with Crippen LogP contribution in [0, 0.1) is 0 Å². The molecule has 0 bridgehead atoms. The molecule has 1 aliphatic heterocycles. The van der Waals surface area contributed by atoms with E-state index in [2.05, 4.69) is 46.9 Å². The van der Waals surface area contributed by atoms with Crippen LogP contribution in [0.3, 0.4) is 0 Å². The number of hydrogen-bond donors (Lipinski definition) is 0. The fourth-order valence-electron chi connectivity index (χ4n) is 3.21. The van der Waals surface area contributed by atoms with Gasteiger partial charge in [-0.3, -0.25) is 0 Å². The van der Waals surface area contributed by atoms with Crippen LogP contribution in [0.5, 0.6) is 11.5 Å². The Morgan fingerprint density at radius 1 is 1.17 bits per heavy atom. The smallest absolute Gasteiger partial charge is 0.199 e. The Morgan fingerprint density at radius 3 is 2.71 bits per heavy atom. The van der Waals surface area contributed by atoms with Crippen molar-refractivity contribution in [1.29, 1.82) is 0 Å². The predicted molar refractivity (Wildman–Crippen MR) is 107 cm³/mol. The Morgan fingerprint density at radius 2 is 2.00 bits per heavy atom. The number of alkyl halides is 1. The van der Waals surface area contributed by atoms with Crippen LogP contribution < -0.4 is 9.47 Å². The highest BCUT2D eigenvalue weighted by molar-refractivity contribution is 14.1. The van der Waals surface area contributed by atoms with Crippen molar-refractivity contribution in [3.63, 3.8) is 0 Å². The number of fused-ring (bicyclic) bond motifs is 1. The Kier molecular flexibility index (Phi) is 6.60. The predicted octanol–water partition coefficient (Wildman–Crippen LogP) is 5.51. The van der Waals surface area contributed by atoms with E-state index in [9.17, 15) is 0 Å². The van der Waals surface area contributed by atoms with E-state index in [1.807, 2.05) is 6.07 Å². The summed E-state index contributed by atoms with van der Waals surface area (Å²) in [6, 6.07) is 10.5. The van der Waals surface area contributed by atoms with Gasteiger partial charge in [-0.25, -0.2) is 0 Å². The third kappa shape index (κ3) is 4.14. The minimum atomic E-state index is -0.126. The van der Waals surface area contributed by atoms with Crippen molar-refractivity contribution in [2.24, 2.45) is 0 Å². The normalized spacial score (nSPS) is 17.8. The summed E-state index contributed by atoms with van der Waals surface area (Å²) in [5.41, 5.74) is 1.23. The molecular weight excluding hydrogens is 415 g/mol. The molecule has 1 saturated heterocycles. The molecular formula is C20H25IO3. The monoisotopic (exact) mass is 440 g/mol. The lowest BCUT2D eigenvalue weighted by Crippen LogP contribution is -2.25. The molecule has 0 aliphatic carbocycles. The van der Waals surface area contributed by atoms with Gasteiger partial charge in [-0.1, -0.05) is 46.9 Å². The highest BCUT2D eigenvalue weighted by atomic mass is 127. The van der Waals surface area contributed by atoms with E-state index in [4.69, 9.17) is 14.2 Å². The first-order valence-corrected chi connectivity index (χ1v) is 10.3. The first-order chi connectivity index (χ1) is 11.8. The van der Waals surface area contributed by atoms with Gasteiger partial charge in [0.05, 0.1) is 13.7 Å². The number of benzene rings is 2. The second kappa shape index (κ2) is 8.90. The van der Waals surface area contributed by atoms with Crippen molar-refractivity contribution >= 4 is 33.4 Å². The van der Waals surface area contributed by atoms with Gasteiger partial charge >= 0.3 is 0 Å². The third-order valence-electron chi connectivity index (χ3n) is 4.47. The van der Waals surface area contributed by atoms with Crippen molar-refractivity contribution in [3.8, 4) is 11.5 Å². The molecule has 3 rings (SSSR count). The number of ether oxygens (including phenoxy) is 3. The van der Waals surface area contributed by atoms with Crippen molar-refractivity contribution < 1.29 is 14.2 Å². The molecule has 0 spiro atoms. The van der Waals surface area contributed by atoms with Crippen molar-refractivity contribution in [3.05, 3.63) is 35.9 Å². The summed E-state index contributed by atoms with van der Waals surface area (Å²) in [6.45, 7) is 0.795. The summed E-state index contributed by atoms with van der Waals surface area (Å²) in [6.07, 6.45) is 6.52. The summed E-state index contributed by atoms with van der Waals surface area (Å²) in [7, 11) is 1.74. The average molecular weight is 440 g/mol. The van der Waals surface area contributed by atoms with Gasteiger partial charge in [0.1, 0.15) is 11.5 Å². The van der Waals surface area contributed by atoms with Gasteiger partial charge in [0.15, 0.2) is 6.29 Å². The fraction of sp³-hybridized carbons (Fsp3) is 0.500. The molecule has 0 N–H and O–H groups in total. The minimum Gasteiger partial charge on any atom is -0.496 e.